The second-order valence-corrected chi connectivity index (χ2v) is 6.31. The molecule has 0 aliphatic carbocycles. The van der Waals surface area contributed by atoms with E-state index in [4.69, 9.17) is 4.74 Å². The third kappa shape index (κ3) is 4.46. The van der Waals surface area contributed by atoms with Crippen molar-refractivity contribution in [2.24, 2.45) is 0 Å². The summed E-state index contributed by atoms with van der Waals surface area (Å²) in [5.41, 5.74) is 2.13. The normalized spacial score (nSPS) is 14.9. The van der Waals surface area contributed by atoms with Gasteiger partial charge < -0.3 is 20.1 Å². The number of anilines is 2. The van der Waals surface area contributed by atoms with Crippen LogP contribution in [0.5, 0.6) is 5.75 Å². The van der Waals surface area contributed by atoms with Gasteiger partial charge in [-0.05, 0) is 24.3 Å². The van der Waals surface area contributed by atoms with Crippen LogP contribution in [-0.2, 0) is 0 Å². The maximum atomic E-state index is 11.4. The minimum atomic E-state index is -0.938. The number of nitrogens with zero attached hydrogens (tertiary/aromatic N) is 2. The Bertz CT molecular complexity index is 728. The number of carbonyl (C=O) groups is 1. The molecule has 0 aromatic heterocycles. The summed E-state index contributed by atoms with van der Waals surface area (Å²) in [4.78, 5) is 16.2. The lowest BCUT2D eigenvalue weighted by Crippen LogP contribution is -2.47. The molecular formula is C20H25N3O3. The summed E-state index contributed by atoms with van der Waals surface area (Å²) in [6.45, 7) is 5.58. The van der Waals surface area contributed by atoms with Crippen LogP contribution in [0.1, 0.15) is 10.4 Å². The lowest BCUT2D eigenvalue weighted by atomic mass is 10.1. The highest BCUT2D eigenvalue weighted by Crippen LogP contribution is 2.22. The predicted octanol–water partition coefficient (Wildman–Crippen LogP) is 2.63. The maximum Gasteiger partial charge on any atom is 0.337 e. The lowest BCUT2D eigenvalue weighted by molar-refractivity contribution is 0.0698. The summed E-state index contributed by atoms with van der Waals surface area (Å²) in [7, 11) is 1.58. The standard InChI is InChI=1S/C20H25N3O3/c1-26-17-7-8-18(20(24)25)19(15-17)21-9-10-22-11-13-23(14-12-22)16-5-3-2-4-6-16/h2-8,15,21H,9-14H2,1H3,(H,24,25). The van der Waals surface area contributed by atoms with Crippen LogP contribution in [0.3, 0.4) is 0 Å². The Morgan fingerprint density at radius 1 is 1.12 bits per heavy atom. The number of hydrogen-bond donors (Lipinski definition) is 2. The van der Waals surface area contributed by atoms with Gasteiger partial charge in [-0.1, -0.05) is 18.2 Å². The molecular weight excluding hydrogens is 330 g/mol. The van der Waals surface area contributed by atoms with E-state index in [9.17, 15) is 9.90 Å². The molecule has 26 heavy (non-hydrogen) atoms. The van der Waals surface area contributed by atoms with Crippen LogP contribution in [0, 0.1) is 0 Å². The number of hydrogen-bond acceptors (Lipinski definition) is 5. The van der Waals surface area contributed by atoms with Crippen molar-refractivity contribution >= 4 is 17.3 Å². The van der Waals surface area contributed by atoms with Crippen molar-refractivity contribution in [1.82, 2.24) is 4.90 Å². The molecule has 0 unspecified atom stereocenters. The van der Waals surface area contributed by atoms with Gasteiger partial charge in [0.2, 0.25) is 0 Å². The molecule has 0 atom stereocenters. The largest absolute Gasteiger partial charge is 0.497 e. The molecule has 2 N–H and O–H groups in total. The minimum absolute atomic E-state index is 0.264. The molecule has 1 fully saturated rings. The zero-order chi connectivity index (χ0) is 18.4. The van der Waals surface area contributed by atoms with Crippen molar-refractivity contribution < 1.29 is 14.6 Å². The number of aromatic carboxylic acids is 1. The molecule has 0 radical (unpaired) electrons. The fraction of sp³-hybridized carbons (Fsp3) is 0.350. The summed E-state index contributed by atoms with van der Waals surface area (Å²) < 4.78 is 5.19. The van der Waals surface area contributed by atoms with E-state index in [1.54, 1.807) is 25.3 Å². The molecule has 0 amide bonds. The molecule has 1 aliphatic rings. The quantitative estimate of drug-likeness (QED) is 0.796. The molecule has 0 bridgehead atoms. The number of methoxy groups -OCH3 is 1. The van der Waals surface area contributed by atoms with E-state index in [0.29, 0.717) is 18.0 Å². The Morgan fingerprint density at radius 3 is 2.50 bits per heavy atom. The van der Waals surface area contributed by atoms with Crippen molar-refractivity contribution in [2.45, 2.75) is 0 Å². The summed E-state index contributed by atoms with van der Waals surface area (Å²) in [5.74, 6) is -0.291. The predicted molar refractivity (Wildman–Crippen MR) is 104 cm³/mol. The second-order valence-electron chi connectivity index (χ2n) is 6.31. The first-order valence-corrected chi connectivity index (χ1v) is 8.85. The van der Waals surface area contributed by atoms with E-state index in [1.165, 1.54) is 5.69 Å². The number of rotatable bonds is 7. The topological polar surface area (TPSA) is 65.0 Å². The number of carboxylic acids is 1. The highest BCUT2D eigenvalue weighted by Gasteiger charge is 2.17. The third-order valence-corrected chi connectivity index (χ3v) is 4.69. The average Bonchev–Trinajstić information content (AvgIpc) is 2.69. The highest BCUT2D eigenvalue weighted by molar-refractivity contribution is 5.94. The molecule has 2 aromatic carbocycles. The van der Waals surface area contributed by atoms with Gasteiger partial charge in [0.15, 0.2) is 0 Å². The first-order valence-electron chi connectivity index (χ1n) is 8.85. The van der Waals surface area contributed by atoms with E-state index >= 15 is 0 Å². The van der Waals surface area contributed by atoms with E-state index in [1.807, 2.05) is 6.07 Å². The smallest absolute Gasteiger partial charge is 0.337 e. The van der Waals surface area contributed by atoms with E-state index in [0.717, 1.165) is 32.7 Å². The van der Waals surface area contributed by atoms with Gasteiger partial charge in [-0.25, -0.2) is 4.79 Å². The molecule has 138 valence electrons. The van der Waals surface area contributed by atoms with Crippen LogP contribution in [0.15, 0.2) is 48.5 Å². The van der Waals surface area contributed by atoms with Crippen molar-refractivity contribution in [3.63, 3.8) is 0 Å². The zero-order valence-electron chi connectivity index (χ0n) is 15.0. The average molecular weight is 355 g/mol. The second kappa shape index (κ2) is 8.58. The first kappa shape index (κ1) is 18.1. The minimum Gasteiger partial charge on any atom is -0.497 e. The van der Waals surface area contributed by atoms with Gasteiger partial charge in [0.05, 0.1) is 18.4 Å². The molecule has 1 heterocycles. The Balaban J connectivity index is 1.50. The number of piperazine rings is 1. The number of nitrogens with one attached hydrogen (secondary N) is 1. The van der Waals surface area contributed by atoms with E-state index < -0.39 is 5.97 Å². The molecule has 2 aromatic rings. The van der Waals surface area contributed by atoms with Crippen LogP contribution in [0.4, 0.5) is 11.4 Å². The lowest BCUT2D eigenvalue weighted by Gasteiger charge is -2.36. The van der Waals surface area contributed by atoms with Crippen LogP contribution >= 0.6 is 0 Å². The molecule has 6 nitrogen and oxygen atoms in total. The van der Waals surface area contributed by atoms with Crippen molar-refractivity contribution in [3.8, 4) is 5.75 Å². The van der Waals surface area contributed by atoms with E-state index in [2.05, 4.69) is 39.4 Å². The van der Waals surface area contributed by atoms with Gasteiger partial charge in [-0.15, -0.1) is 0 Å². The monoisotopic (exact) mass is 355 g/mol. The van der Waals surface area contributed by atoms with Gasteiger partial charge >= 0.3 is 5.97 Å². The number of benzene rings is 2. The van der Waals surface area contributed by atoms with Crippen molar-refractivity contribution in [1.29, 1.82) is 0 Å². The molecule has 1 saturated heterocycles. The maximum absolute atomic E-state index is 11.4. The molecule has 6 heteroatoms. The van der Waals surface area contributed by atoms with Crippen LogP contribution in [0.2, 0.25) is 0 Å². The summed E-state index contributed by atoms with van der Waals surface area (Å²) in [6.07, 6.45) is 0. The molecule has 3 rings (SSSR count). The fourth-order valence-electron chi connectivity index (χ4n) is 3.20. The number of carboxylic acid groups (broad SMARTS) is 1. The van der Waals surface area contributed by atoms with Gasteiger partial charge in [0.1, 0.15) is 5.75 Å². The fourth-order valence-corrected chi connectivity index (χ4v) is 3.20. The van der Waals surface area contributed by atoms with E-state index in [-0.39, 0.29) is 5.56 Å². The number of para-hydroxylation sites is 1. The van der Waals surface area contributed by atoms with Crippen LogP contribution < -0.4 is 15.0 Å². The van der Waals surface area contributed by atoms with Gasteiger partial charge in [-0.3, -0.25) is 4.90 Å². The van der Waals surface area contributed by atoms with Crippen molar-refractivity contribution in [3.05, 3.63) is 54.1 Å². The summed E-state index contributed by atoms with van der Waals surface area (Å²) >= 11 is 0. The zero-order valence-corrected chi connectivity index (χ0v) is 15.0. The number of ether oxygens (including phenoxy) is 1. The Kier molecular flexibility index (Phi) is 5.96. The molecule has 0 saturated carbocycles. The molecule has 0 spiro atoms. The Hall–Kier alpha value is -2.73. The summed E-state index contributed by atoms with van der Waals surface area (Å²) in [5, 5.41) is 12.6. The Labute approximate surface area is 154 Å². The van der Waals surface area contributed by atoms with Gasteiger partial charge in [0, 0.05) is 51.0 Å². The van der Waals surface area contributed by atoms with Crippen LogP contribution in [0.25, 0.3) is 0 Å². The van der Waals surface area contributed by atoms with Crippen LogP contribution in [-0.4, -0.2) is 62.4 Å². The first-order chi connectivity index (χ1) is 12.7. The highest BCUT2D eigenvalue weighted by atomic mass is 16.5. The molecule has 1 aliphatic heterocycles. The SMILES string of the molecule is COc1ccc(C(=O)O)c(NCCN2CCN(c3ccccc3)CC2)c1. The van der Waals surface area contributed by atoms with Crippen molar-refractivity contribution in [2.75, 3.05) is 56.6 Å². The Morgan fingerprint density at radius 2 is 1.85 bits per heavy atom. The van der Waals surface area contributed by atoms with Gasteiger partial charge in [-0.2, -0.15) is 0 Å². The van der Waals surface area contributed by atoms with Gasteiger partial charge in [0.25, 0.3) is 0 Å². The summed E-state index contributed by atoms with van der Waals surface area (Å²) in [6, 6.07) is 15.4. The third-order valence-electron chi connectivity index (χ3n) is 4.69.